The summed E-state index contributed by atoms with van der Waals surface area (Å²) >= 11 is 0. The second-order valence-electron chi connectivity index (χ2n) is 7.05. The first-order chi connectivity index (χ1) is 12.5. The standard InChI is InChI=1S/C19H27N3O3S/c1-13(2)18-21-19(25-22-18)17(15-8-10-24-11-9-15)20-12-14-4-6-16(7-5-14)26(3)23/h4-7,13,15,17,20H,8-12H2,1-3H3/t17-,26+/m0/s1. The molecule has 1 N–H and O–H groups in total. The molecule has 2 aromatic rings. The second-order valence-corrected chi connectivity index (χ2v) is 8.43. The molecule has 2 heterocycles. The van der Waals surface area contributed by atoms with Crippen molar-refractivity contribution in [1.29, 1.82) is 0 Å². The zero-order valence-electron chi connectivity index (χ0n) is 15.6. The van der Waals surface area contributed by atoms with Crippen LogP contribution in [0.3, 0.4) is 0 Å². The second kappa shape index (κ2) is 8.88. The smallest absolute Gasteiger partial charge is 0.244 e. The minimum Gasteiger partial charge on any atom is -0.381 e. The molecule has 7 heteroatoms. The molecule has 0 unspecified atom stereocenters. The SMILES string of the molecule is CC(C)c1noc([C@@H](NCc2ccc([S@@](C)=O)cc2)C2CCOCC2)n1. The van der Waals surface area contributed by atoms with Crippen molar-refractivity contribution in [2.75, 3.05) is 19.5 Å². The van der Waals surface area contributed by atoms with Crippen molar-refractivity contribution in [2.24, 2.45) is 5.92 Å². The average Bonchev–Trinajstić information content (AvgIpc) is 3.13. The van der Waals surface area contributed by atoms with Crippen LogP contribution in [-0.2, 0) is 22.1 Å². The van der Waals surface area contributed by atoms with Gasteiger partial charge in [0, 0.05) is 47.6 Å². The lowest BCUT2D eigenvalue weighted by molar-refractivity contribution is 0.0485. The molecule has 1 aromatic heterocycles. The van der Waals surface area contributed by atoms with Crippen molar-refractivity contribution in [3.8, 4) is 0 Å². The summed E-state index contributed by atoms with van der Waals surface area (Å²) in [6.45, 7) is 6.35. The molecule has 0 radical (unpaired) electrons. The number of hydrogen-bond acceptors (Lipinski definition) is 6. The van der Waals surface area contributed by atoms with Crippen LogP contribution in [0.25, 0.3) is 0 Å². The molecule has 3 rings (SSSR count). The van der Waals surface area contributed by atoms with Crippen LogP contribution < -0.4 is 5.32 Å². The fraction of sp³-hybridized carbons (Fsp3) is 0.579. The summed E-state index contributed by atoms with van der Waals surface area (Å²) in [6.07, 6.45) is 3.64. The molecule has 0 spiro atoms. The maximum atomic E-state index is 11.5. The highest BCUT2D eigenvalue weighted by Gasteiger charge is 2.30. The van der Waals surface area contributed by atoms with Gasteiger partial charge in [0.15, 0.2) is 5.82 Å². The van der Waals surface area contributed by atoms with E-state index in [1.54, 1.807) is 6.26 Å². The lowest BCUT2D eigenvalue weighted by atomic mass is 9.91. The molecular weight excluding hydrogens is 350 g/mol. The van der Waals surface area contributed by atoms with E-state index in [9.17, 15) is 4.21 Å². The molecule has 1 saturated heterocycles. The van der Waals surface area contributed by atoms with Crippen molar-refractivity contribution in [2.45, 2.75) is 50.1 Å². The Kier molecular flexibility index (Phi) is 6.56. The summed E-state index contributed by atoms with van der Waals surface area (Å²) in [5, 5.41) is 7.72. The number of ether oxygens (including phenoxy) is 1. The van der Waals surface area contributed by atoms with Crippen LogP contribution in [0, 0.1) is 5.92 Å². The van der Waals surface area contributed by atoms with Crippen molar-refractivity contribution in [3.05, 3.63) is 41.5 Å². The number of aromatic nitrogens is 2. The molecule has 0 amide bonds. The zero-order chi connectivity index (χ0) is 18.5. The van der Waals surface area contributed by atoms with Crippen LogP contribution in [0.1, 0.15) is 55.9 Å². The van der Waals surface area contributed by atoms with E-state index >= 15 is 0 Å². The van der Waals surface area contributed by atoms with Crippen LogP contribution in [0.5, 0.6) is 0 Å². The van der Waals surface area contributed by atoms with Gasteiger partial charge in [0.05, 0.1) is 6.04 Å². The Morgan fingerprint density at radius 2 is 1.92 bits per heavy atom. The minimum atomic E-state index is -0.953. The van der Waals surface area contributed by atoms with Crippen molar-refractivity contribution < 1.29 is 13.5 Å². The van der Waals surface area contributed by atoms with Gasteiger partial charge < -0.3 is 14.6 Å². The third-order valence-corrected chi connectivity index (χ3v) is 5.69. The number of rotatable bonds is 7. The van der Waals surface area contributed by atoms with Gasteiger partial charge in [-0.1, -0.05) is 31.1 Å². The van der Waals surface area contributed by atoms with Gasteiger partial charge in [-0.15, -0.1) is 0 Å². The molecular formula is C19H27N3O3S. The molecule has 6 nitrogen and oxygen atoms in total. The van der Waals surface area contributed by atoms with E-state index in [1.807, 2.05) is 24.3 Å². The van der Waals surface area contributed by atoms with Gasteiger partial charge in [0.1, 0.15) is 0 Å². The van der Waals surface area contributed by atoms with E-state index < -0.39 is 10.8 Å². The Bertz CT molecular complexity index is 724. The van der Waals surface area contributed by atoms with Gasteiger partial charge in [0.2, 0.25) is 5.89 Å². The fourth-order valence-electron chi connectivity index (χ4n) is 3.14. The fourth-order valence-corrected chi connectivity index (χ4v) is 3.66. The van der Waals surface area contributed by atoms with Gasteiger partial charge in [-0.25, -0.2) is 0 Å². The monoisotopic (exact) mass is 377 g/mol. The summed E-state index contributed by atoms with van der Waals surface area (Å²) in [5.41, 5.74) is 1.14. The van der Waals surface area contributed by atoms with Gasteiger partial charge in [-0.2, -0.15) is 4.98 Å². The highest BCUT2D eigenvalue weighted by molar-refractivity contribution is 7.84. The Morgan fingerprint density at radius 3 is 2.50 bits per heavy atom. The Balaban J connectivity index is 1.73. The third-order valence-electron chi connectivity index (χ3n) is 4.76. The number of hydrogen-bond donors (Lipinski definition) is 1. The summed E-state index contributed by atoms with van der Waals surface area (Å²) in [4.78, 5) is 5.45. The van der Waals surface area contributed by atoms with E-state index in [4.69, 9.17) is 9.26 Å². The lowest BCUT2D eigenvalue weighted by Gasteiger charge is -2.28. The van der Waals surface area contributed by atoms with Crippen LogP contribution >= 0.6 is 0 Å². The van der Waals surface area contributed by atoms with E-state index in [0.717, 1.165) is 42.3 Å². The summed E-state index contributed by atoms with van der Waals surface area (Å²) in [7, 11) is -0.953. The number of benzene rings is 1. The van der Waals surface area contributed by atoms with Gasteiger partial charge in [0.25, 0.3) is 0 Å². The van der Waals surface area contributed by atoms with Crippen LogP contribution in [0.4, 0.5) is 0 Å². The average molecular weight is 378 g/mol. The van der Waals surface area contributed by atoms with Crippen molar-refractivity contribution >= 4 is 10.8 Å². The molecule has 0 aliphatic carbocycles. The molecule has 142 valence electrons. The lowest BCUT2D eigenvalue weighted by Crippen LogP contribution is -2.32. The Labute approximate surface area is 157 Å². The number of nitrogens with zero attached hydrogens (tertiary/aromatic N) is 2. The molecule has 2 atom stereocenters. The van der Waals surface area contributed by atoms with E-state index in [-0.39, 0.29) is 12.0 Å². The molecule has 0 bridgehead atoms. The van der Waals surface area contributed by atoms with E-state index in [2.05, 4.69) is 29.3 Å². The maximum absolute atomic E-state index is 11.5. The third kappa shape index (κ3) is 4.78. The first-order valence-corrected chi connectivity index (χ1v) is 10.7. The van der Waals surface area contributed by atoms with Crippen molar-refractivity contribution in [1.82, 2.24) is 15.5 Å². The predicted octanol–water partition coefficient (Wildman–Crippen LogP) is 3.19. The minimum absolute atomic E-state index is 0.0129. The quantitative estimate of drug-likeness (QED) is 0.798. The van der Waals surface area contributed by atoms with Crippen LogP contribution in [0.15, 0.2) is 33.7 Å². The summed E-state index contributed by atoms with van der Waals surface area (Å²) in [5.74, 6) is 2.05. The maximum Gasteiger partial charge on any atom is 0.244 e. The molecule has 1 aliphatic rings. The van der Waals surface area contributed by atoms with Gasteiger partial charge >= 0.3 is 0 Å². The van der Waals surface area contributed by atoms with E-state index in [1.165, 1.54) is 0 Å². The molecule has 1 aromatic carbocycles. The highest BCUT2D eigenvalue weighted by Crippen LogP contribution is 2.30. The zero-order valence-corrected chi connectivity index (χ0v) is 16.4. The summed E-state index contributed by atoms with van der Waals surface area (Å²) in [6, 6.07) is 7.87. The molecule has 1 fully saturated rings. The predicted molar refractivity (Wildman–Crippen MR) is 100 cm³/mol. The molecule has 1 aliphatic heterocycles. The Morgan fingerprint density at radius 1 is 1.23 bits per heavy atom. The number of nitrogens with one attached hydrogen (secondary N) is 1. The largest absolute Gasteiger partial charge is 0.381 e. The Hall–Kier alpha value is -1.57. The summed E-state index contributed by atoms with van der Waals surface area (Å²) < 4.78 is 22.6. The van der Waals surface area contributed by atoms with Gasteiger partial charge in [-0.3, -0.25) is 4.21 Å². The van der Waals surface area contributed by atoms with Crippen LogP contribution in [0.2, 0.25) is 0 Å². The first-order valence-electron chi connectivity index (χ1n) is 9.11. The first kappa shape index (κ1) is 19.2. The van der Waals surface area contributed by atoms with E-state index in [0.29, 0.717) is 18.4 Å². The highest BCUT2D eigenvalue weighted by atomic mass is 32.2. The molecule has 26 heavy (non-hydrogen) atoms. The van der Waals surface area contributed by atoms with Crippen LogP contribution in [-0.4, -0.2) is 33.8 Å². The molecule has 0 saturated carbocycles. The van der Waals surface area contributed by atoms with Gasteiger partial charge in [-0.05, 0) is 36.5 Å². The topological polar surface area (TPSA) is 77.2 Å². The van der Waals surface area contributed by atoms with Crippen molar-refractivity contribution in [3.63, 3.8) is 0 Å². The normalized spacial score (nSPS) is 18.2.